The highest BCUT2D eigenvalue weighted by molar-refractivity contribution is 9.10. The van der Waals surface area contributed by atoms with Crippen molar-refractivity contribution in [2.24, 2.45) is 0 Å². The first-order chi connectivity index (χ1) is 11.3. The number of rotatable bonds is 3. The fourth-order valence-electron chi connectivity index (χ4n) is 2.94. The number of halogens is 1. The summed E-state index contributed by atoms with van der Waals surface area (Å²) in [7, 11) is 0. The van der Waals surface area contributed by atoms with Crippen molar-refractivity contribution in [3.8, 4) is 6.07 Å². The fraction of sp³-hybridized carbons (Fsp3) is 0.250. The predicted molar refractivity (Wildman–Crippen MR) is 100 cm³/mol. The summed E-state index contributed by atoms with van der Waals surface area (Å²) in [5.74, 6) is 0. The molecule has 0 atom stereocenters. The Hall–Kier alpha value is -2.05. The number of nitriles is 1. The van der Waals surface area contributed by atoms with Crippen molar-refractivity contribution in [1.29, 1.82) is 5.26 Å². The maximum atomic E-state index is 9.45. The topological polar surface area (TPSA) is 27.0 Å². The van der Waals surface area contributed by atoms with E-state index in [0.29, 0.717) is 5.57 Å². The van der Waals surface area contributed by atoms with Gasteiger partial charge >= 0.3 is 0 Å². The first-order valence-electron chi connectivity index (χ1n) is 7.99. The van der Waals surface area contributed by atoms with Crippen molar-refractivity contribution >= 4 is 33.3 Å². The van der Waals surface area contributed by atoms with Gasteiger partial charge in [-0.1, -0.05) is 40.2 Å². The molecule has 0 unspecified atom stereocenters. The summed E-state index contributed by atoms with van der Waals surface area (Å²) < 4.78 is 0.983. The second-order valence-electron chi connectivity index (χ2n) is 5.82. The maximum absolute atomic E-state index is 9.45. The summed E-state index contributed by atoms with van der Waals surface area (Å²) in [4.78, 5) is 2.44. The Bertz CT molecular complexity index is 735. The number of hydrogen-bond donors (Lipinski definition) is 0. The first-order valence-corrected chi connectivity index (χ1v) is 8.78. The third kappa shape index (κ3) is 4.03. The number of hydrogen-bond acceptors (Lipinski definition) is 2. The van der Waals surface area contributed by atoms with Crippen LogP contribution in [0.15, 0.2) is 53.0 Å². The third-order valence-electron chi connectivity index (χ3n) is 4.18. The molecule has 3 heteroatoms. The molecule has 1 heterocycles. The van der Waals surface area contributed by atoms with Crippen LogP contribution in [0.5, 0.6) is 0 Å². The molecule has 2 nitrogen and oxygen atoms in total. The van der Waals surface area contributed by atoms with Gasteiger partial charge in [0.1, 0.15) is 0 Å². The van der Waals surface area contributed by atoms with Crippen molar-refractivity contribution in [1.82, 2.24) is 0 Å². The van der Waals surface area contributed by atoms with Crippen LogP contribution in [-0.2, 0) is 0 Å². The molecule has 116 valence electrons. The highest BCUT2D eigenvalue weighted by Crippen LogP contribution is 2.24. The van der Waals surface area contributed by atoms with E-state index in [0.717, 1.165) is 28.7 Å². The number of benzene rings is 2. The molecule has 1 aliphatic rings. The minimum atomic E-state index is 0.678. The Balaban J connectivity index is 1.82. The quantitative estimate of drug-likeness (QED) is 0.529. The summed E-state index contributed by atoms with van der Waals surface area (Å²) in [5, 5.41) is 9.45. The molecule has 3 rings (SSSR count). The van der Waals surface area contributed by atoms with Crippen LogP contribution in [0.1, 0.15) is 30.4 Å². The zero-order valence-electron chi connectivity index (χ0n) is 13.0. The lowest BCUT2D eigenvalue weighted by molar-refractivity contribution is 0.578. The number of piperidine rings is 1. The van der Waals surface area contributed by atoms with Crippen molar-refractivity contribution in [2.45, 2.75) is 19.3 Å². The highest BCUT2D eigenvalue weighted by Gasteiger charge is 2.10. The van der Waals surface area contributed by atoms with E-state index in [4.69, 9.17) is 0 Å². The van der Waals surface area contributed by atoms with E-state index < -0.39 is 0 Å². The molecule has 0 aliphatic carbocycles. The molecular formula is C20H19BrN2. The van der Waals surface area contributed by atoms with Gasteiger partial charge in [-0.2, -0.15) is 5.26 Å². The summed E-state index contributed by atoms with van der Waals surface area (Å²) >= 11 is 3.46. The van der Waals surface area contributed by atoms with E-state index in [1.807, 2.05) is 30.3 Å². The van der Waals surface area contributed by atoms with Crippen molar-refractivity contribution in [3.05, 3.63) is 64.1 Å². The van der Waals surface area contributed by atoms with E-state index in [9.17, 15) is 5.26 Å². The second-order valence-corrected chi connectivity index (χ2v) is 6.74. The van der Waals surface area contributed by atoms with Crippen LogP contribution in [0.25, 0.3) is 11.6 Å². The van der Waals surface area contributed by atoms with Gasteiger partial charge in [0.15, 0.2) is 0 Å². The fourth-order valence-corrected chi connectivity index (χ4v) is 3.34. The molecule has 2 aromatic rings. The maximum Gasteiger partial charge on any atom is 0.0998 e. The zero-order valence-corrected chi connectivity index (χ0v) is 14.6. The highest BCUT2D eigenvalue weighted by atomic mass is 79.9. The van der Waals surface area contributed by atoms with Gasteiger partial charge < -0.3 is 4.90 Å². The lowest BCUT2D eigenvalue weighted by Crippen LogP contribution is -2.29. The molecule has 0 aromatic heterocycles. The van der Waals surface area contributed by atoms with Crippen LogP contribution in [0.2, 0.25) is 0 Å². The molecular weight excluding hydrogens is 348 g/mol. The van der Waals surface area contributed by atoms with E-state index >= 15 is 0 Å². The van der Waals surface area contributed by atoms with Gasteiger partial charge in [0.25, 0.3) is 0 Å². The minimum absolute atomic E-state index is 0.678. The Kier molecular flexibility index (Phi) is 5.15. The van der Waals surface area contributed by atoms with Gasteiger partial charge in [-0.3, -0.25) is 0 Å². The SMILES string of the molecule is N#CC(=Cc1ccc(N2CCCCC2)cc1)c1cccc(Br)c1. The molecule has 0 saturated carbocycles. The Morgan fingerprint density at radius 2 is 1.78 bits per heavy atom. The summed E-state index contributed by atoms with van der Waals surface area (Å²) in [6, 6.07) is 18.7. The van der Waals surface area contributed by atoms with Crippen LogP contribution < -0.4 is 4.90 Å². The second kappa shape index (κ2) is 7.48. The van der Waals surface area contributed by atoms with E-state index in [2.05, 4.69) is 51.2 Å². The Labute approximate surface area is 146 Å². The molecule has 0 amide bonds. The van der Waals surface area contributed by atoms with E-state index in [1.165, 1.54) is 24.9 Å². The lowest BCUT2D eigenvalue weighted by atomic mass is 10.0. The van der Waals surface area contributed by atoms with Gasteiger partial charge in [-0.25, -0.2) is 0 Å². The van der Waals surface area contributed by atoms with Crippen LogP contribution in [0.3, 0.4) is 0 Å². The Morgan fingerprint density at radius 1 is 1.04 bits per heavy atom. The van der Waals surface area contributed by atoms with Gasteiger partial charge in [0.05, 0.1) is 11.6 Å². The number of nitrogens with zero attached hydrogens (tertiary/aromatic N) is 2. The molecule has 1 saturated heterocycles. The molecule has 0 spiro atoms. The number of anilines is 1. The summed E-state index contributed by atoms with van der Waals surface area (Å²) in [6.45, 7) is 2.30. The molecule has 23 heavy (non-hydrogen) atoms. The van der Waals surface area contributed by atoms with E-state index in [-0.39, 0.29) is 0 Å². The predicted octanol–water partition coefficient (Wildman–Crippen LogP) is 5.50. The zero-order chi connectivity index (χ0) is 16.1. The van der Waals surface area contributed by atoms with Gasteiger partial charge in [0.2, 0.25) is 0 Å². The molecule has 1 aliphatic heterocycles. The van der Waals surface area contributed by atoms with Crippen LogP contribution in [0, 0.1) is 11.3 Å². The van der Waals surface area contributed by atoms with Crippen molar-refractivity contribution < 1.29 is 0 Å². The smallest absolute Gasteiger partial charge is 0.0998 e. The van der Waals surface area contributed by atoms with Crippen molar-refractivity contribution in [3.63, 3.8) is 0 Å². The molecule has 2 aromatic carbocycles. The van der Waals surface area contributed by atoms with Gasteiger partial charge in [0, 0.05) is 23.2 Å². The molecule has 0 N–H and O–H groups in total. The lowest BCUT2D eigenvalue weighted by Gasteiger charge is -2.28. The van der Waals surface area contributed by atoms with Crippen molar-refractivity contribution in [2.75, 3.05) is 18.0 Å². The normalized spacial score (nSPS) is 15.3. The van der Waals surface area contributed by atoms with E-state index in [1.54, 1.807) is 0 Å². The largest absolute Gasteiger partial charge is 0.372 e. The van der Waals surface area contributed by atoms with Gasteiger partial charge in [-0.05, 0) is 60.7 Å². The van der Waals surface area contributed by atoms with Crippen LogP contribution in [0.4, 0.5) is 5.69 Å². The molecule has 1 fully saturated rings. The molecule has 0 radical (unpaired) electrons. The first kappa shape index (κ1) is 15.8. The average Bonchev–Trinajstić information content (AvgIpc) is 2.61. The summed E-state index contributed by atoms with van der Waals surface area (Å²) in [5.41, 5.74) is 3.95. The van der Waals surface area contributed by atoms with Crippen LogP contribution >= 0.6 is 15.9 Å². The van der Waals surface area contributed by atoms with Crippen LogP contribution in [-0.4, -0.2) is 13.1 Å². The monoisotopic (exact) mass is 366 g/mol. The summed E-state index contributed by atoms with van der Waals surface area (Å²) in [6.07, 6.45) is 5.85. The third-order valence-corrected chi connectivity index (χ3v) is 4.67. The minimum Gasteiger partial charge on any atom is -0.372 e. The Morgan fingerprint density at radius 3 is 2.43 bits per heavy atom. The average molecular weight is 367 g/mol. The van der Waals surface area contributed by atoms with Gasteiger partial charge in [-0.15, -0.1) is 0 Å². The number of allylic oxidation sites excluding steroid dienone is 1. The standard InChI is InChI=1S/C20H19BrN2/c21-19-6-4-5-17(14-19)18(15-22)13-16-7-9-20(10-8-16)23-11-2-1-3-12-23/h4-10,13-14H,1-3,11-12H2. The molecule has 0 bridgehead atoms.